The Hall–Kier alpha value is -4.22. The van der Waals surface area contributed by atoms with E-state index in [0.717, 1.165) is 42.5 Å². The molecule has 0 radical (unpaired) electrons. The molecule has 0 nitrogen and oxygen atoms in total. The van der Waals surface area contributed by atoms with Crippen molar-refractivity contribution in [3.05, 3.63) is 107 Å². The van der Waals surface area contributed by atoms with E-state index in [1.54, 1.807) is 0 Å². The van der Waals surface area contributed by atoms with Gasteiger partial charge >= 0.3 is 24.7 Å². The first-order valence-electron chi connectivity index (χ1n) is 11.9. The van der Waals surface area contributed by atoms with Crippen LogP contribution in [0.5, 0.6) is 0 Å². The highest BCUT2D eigenvalue weighted by atomic mass is 19.4. The number of hydrogen-bond acceptors (Lipinski definition) is 0. The van der Waals surface area contributed by atoms with E-state index in [0.29, 0.717) is 18.2 Å². The highest BCUT2D eigenvalue weighted by Crippen LogP contribution is 2.56. The van der Waals surface area contributed by atoms with E-state index in [1.807, 2.05) is 0 Å². The lowest BCUT2D eigenvalue weighted by atomic mass is 9.79. The molecule has 42 heavy (non-hydrogen) atoms. The number of hydrogen-bond donors (Lipinski definition) is 0. The fraction of sp³-hybridized carbons (Fsp3) is 0.133. The summed E-state index contributed by atoms with van der Waals surface area (Å²) < 4.78 is 174. The standard InChI is InChI=1S/C30H14F12/c31-27(32,33)20-11-5-3-9-17(20)22-19-14-13-15-7-1-2-8-16(15)23(19)25(29(37,38)39)26(30(40,41)42)24(22)18-10-4-6-12-21(18)28(34,35)36/h1-14H. The molecule has 0 fully saturated rings. The minimum absolute atomic E-state index is 0.0297. The second kappa shape index (κ2) is 9.67. The van der Waals surface area contributed by atoms with Gasteiger partial charge in [-0.25, -0.2) is 0 Å². The molecule has 0 unspecified atom stereocenters. The Balaban J connectivity index is 2.23. The molecule has 0 atom stereocenters. The molecule has 5 rings (SSSR count). The lowest BCUT2D eigenvalue weighted by molar-refractivity contribution is -0.160. The molecule has 0 spiro atoms. The van der Waals surface area contributed by atoms with E-state index in [1.165, 1.54) is 24.3 Å². The van der Waals surface area contributed by atoms with Crippen molar-refractivity contribution in [3.63, 3.8) is 0 Å². The zero-order valence-corrected chi connectivity index (χ0v) is 20.6. The summed E-state index contributed by atoms with van der Waals surface area (Å²) in [6.07, 6.45) is -22.4. The van der Waals surface area contributed by atoms with Crippen LogP contribution in [0.1, 0.15) is 22.3 Å². The van der Waals surface area contributed by atoms with Gasteiger partial charge in [0.1, 0.15) is 0 Å². The monoisotopic (exact) mass is 602 g/mol. The first-order chi connectivity index (χ1) is 19.4. The average Bonchev–Trinajstić information content (AvgIpc) is 2.89. The minimum atomic E-state index is -5.97. The van der Waals surface area contributed by atoms with Crippen LogP contribution in [0.4, 0.5) is 52.7 Å². The molecule has 5 aromatic rings. The van der Waals surface area contributed by atoms with Crippen molar-refractivity contribution in [1.82, 2.24) is 0 Å². The van der Waals surface area contributed by atoms with Crippen LogP contribution in [-0.2, 0) is 24.7 Å². The first-order valence-corrected chi connectivity index (χ1v) is 11.9. The molecular formula is C30H14F12. The molecule has 0 heterocycles. The Labute approximate surface area is 228 Å². The van der Waals surface area contributed by atoms with E-state index < -0.39 is 80.0 Å². The lowest BCUT2D eigenvalue weighted by Crippen LogP contribution is -2.21. The third kappa shape index (κ3) is 4.92. The fourth-order valence-corrected chi connectivity index (χ4v) is 5.27. The van der Waals surface area contributed by atoms with Crippen LogP contribution >= 0.6 is 0 Å². The van der Waals surface area contributed by atoms with Crippen molar-refractivity contribution >= 4 is 21.5 Å². The van der Waals surface area contributed by atoms with Gasteiger partial charge in [-0.3, -0.25) is 0 Å². The number of rotatable bonds is 2. The molecule has 0 saturated heterocycles. The van der Waals surface area contributed by atoms with Gasteiger partial charge in [0, 0.05) is 10.9 Å². The lowest BCUT2D eigenvalue weighted by Gasteiger charge is -2.28. The van der Waals surface area contributed by atoms with Gasteiger partial charge in [0.05, 0.1) is 22.3 Å². The third-order valence-electron chi connectivity index (χ3n) is 6.77. The molecule has 0 aliphatic rings. The van der Waals surface area contributed by atoms with Crippen LogP contribution in [0.15, 0.2) is 84.9 Å². The molecular weight excluding hydrogens is 588 g/mol. The number of alkyl halides is 12. The van der Waals surface area contributed by atoms with E-state index in [9.17, 15) is 52.7 Å². The topological polar surface area (TPSA) is 0 Å². The molecule has 0 bridgehead atoms. The zero-order valence-electron chi connectivity index (χ0n) is 20.6. The van der Waals surface area contributed by atoms with Gasteiger partial charge < -0.3 is 0 Å². The van der Waals surface area contributed by atoms with Crippen LogP contribution in [-0.4, -0.2) is 0 Å². The summed E-state index contributed by atoms with van der Waals surface area (Å²) in [6, 6.07) is 12.7. The second-order valence-electron chi connectivity index (χ2n) is 9.29. The average molecular weight is 602 g/mol. The normalized spacial score (nSPS) is 13.2. The first kappa shape index (κ1) is 29.3. The number of benzene rings is 5. The quantitative estimate of drug-likeness (QED) is 0.139. The van der Waals surface area contributed by atoms with Gasteiger partial charge in [-0.2, -0.15) is 52.7 Å². The van der Waals surface area contributed by atoms with Crippen LogP contribution in [0.2, 0.25) is 0 Å². The molecule has 5 aromatic carbocycles. The second-order valence-corrected chi connectivity index (χ2v) is 9.29. The van der Waals surface area contributed by atoms with Crippen molar-refractivity contribution < 1.29 is 52.7 Å². The zero-order chi connectivity index (χ0) is 30.8. The van der Waals surface area contributed by atoms with Crippen LogP contribution in [0, 0.1) is 0 Å². The maximum Gasteiger partial charge on any atom is 0.417 e. The summed E-state index contributed by atoms with van der Waals surface area (Å²) in [6.45, 7) is 0. The predicted octanol–water partition coefficient (Wildman–Crippen LogP) is 11.4. The van der Waals surface area contributed by atoms with Crippen LogP contribution < -0.4 is 0 Å². The Morgan fingerprint density at radius 1 is 0.357 bits per heavy atom. The molecule has 0 aliphatic carbocycles. The number of halogens is 12. The van der Waals surface area contributed by atoms with Crippen LogP contribution in [0.25, 0.3) is 43.8 Å². The SMILES string of the molecule is FC(F)(F)c1ccccc1-c1c(C(F)(F)F)c(C(F)(F)F)c2c(ccc3ccccc32)c1-c1ccccc1C(F)(F)F. The van der Waals surface area contributed by atoms with Crippen molar-refractivity contribution in [2.24, 2.45) is 0 Å². The summed E-state index contributed by atoms with van der Waals surface area (Å²) in [5, 5.41) is -2.18. The Kier molecular flexibility index (Phi) is 6.74. The summed E-state index contributed by atoms with van der Waals surface area (Å²) in [4.78, 5) is 0. The summed E-state index contributed by atoms with van der Waals surface area (Å²) in [7, 11) is 0. The van der Waals surface area contributed by atoms with Gasteiger partial charge in [0.15, 0.2) is 0 Å². The fourth-order valence-electron chi connectivity index (χ4n) is 5.27. The molecule has 0 amide bonds. The smallest absolute Gasteiger partial charge is 0.166 e. The molecule has 0 saturated carbocycles. The van der Waals surface area contributed by atoms with Gasteiger partial charge in [-0.1, -0.05) is 72.8 Å². The van der Waals surface area contributed by atoms with E-state index in [4.69, 9.17) is 0 Å². The number of fused-ring (bicyclic) bond motifs is 3. The Morgan fingerprint density at radius 2 is 0.810 bits per heavy atom. The van der Waals surface area contributed by atoms with Crippen molar-refractivity contribution in [3.8, 4) is 22.3 Å². The molecule has 0 aromatic heterocycles. The van der Waals surface area contributed by atoms with Crippen LogP contribution in [0.3, 0.4) is 0 Å². The highest BCUT2D eigenvalue weighted by molar-refractivity contribution is 6.18. The van der Waals surface area contributed by atoms with Gasteiger partial charge in [0.2, 0.25) is 0 Å². The molecule has 12 heteroatoms. The van der Waals surface area contributed by atoms with Crippen molar-refractivity contribution in [2.45, 2.75) is 24.7 Å². The highest BCUT2D eigenvalue weighted by Gasteiger charge is 2.49. The molecule has 0 N–H and O–H groups in total. The maximum absolute atomic E-state index is 14.9. The Bertz CT molecular complexity index is 1820. The molecule has 0 aliphatic heterocycles. The van der Waals surface area contributed by atoms with Gasteiger partial charge in [-0.05, 0) is 45.0 Å². The summed E-state index contributed by atoms with van der Waals surface area (Å²) in [5.74, 6) is 0. The van der Waals surface area contributed by atoms with E-state index >= 15 is 0 Å². The van der Waals surface area contributed by atoms with Crippen molar-refractivity contribution in [1.29, 1.82) is 0 Å². The summed E-state index contributed by atoms with van der Waals surface area (Å²) in [5.41, 5.74) is -13.2. The van der Waals surface area contributed by atoms with E-state index in [2.05, 4.69) is 0 Å². The molecule has 218 valence electrons. The minimum Gasteiger partial charge on any atom is -0.166 e. The van der Waals surface area contributed by atoms with Gasteiger partial charge in [-0.15, -0.1) is 0 Å². The maximum atomic E-state index is 14.9. The summed E-state index contributed by atoms with van der Waals surface area (Å²) >= 11 is 0. The predicted molar refractivity (Wildman–Crippen MR) is 132 cm³/mol. The van der Waals surface area contributed by atoms with E-state index in [-0.39, 0.29) is 10.8 Å². The largest absolute Gasteiger partial charge is 0.417 e. The van der Waals surface area contributed by atoms with Gasteiger partial charge in [0.25, 0.3) is 0 Å². The third-order valence-corrected chi connectivity index (χ3v) is 6.77. The van der Waals surface area contributed by atoms with Crippen molar-refractivity contribution in [2.75, 3.05) is 0 Å². The Morgan fingerprint density at radius 3 is 1.31 bits per heavy atom.